The second-order valence-corrected chi connectivity index (χ2v) is 6.80. The lowest BCUT2D eigenvalue weighted by Crippen LogP contribution is -2.48. The van der Waals surface area contributed by atoms with Crippen LogP contribution >= 0.6 is 0 Å². The number of hydrogen-bond acceptors (Lipinski definition) is 6. The van der Waals surface area contributed by atoms with E-state index in [0.29, 0.717) is 23.1 Å². The molecule has 3 aromatic rings. The average molecular weight is 368 g/mol. The molecule has 1 atom stereocenters. The van der Waals surface area contributed by atoms with Crippen LogP contribution in [0.15, 0.2) is 43.0 Å². The second kappa shape index (κ2) is 7.65. The van der Waals surface area contributed by atoms with Gasteiger partial charge in [-0.2, -0.15) is 5.26 Å². The van der Waals surface area contributed by atoms with Gasteiger partial charge in [-0.15, -0.1) is 0 Å². The van der Waals surface area contributed by atoms with Crippen LogP contribution in [0.1, 0.15) is 28.8 Å². The standard InChI is InChI=1S/C20H17BN6O/c21-15-3-4-18-17(7-15)13(8-22)6-19(26-18)27-5-1-2-16(11-27)25-20(28)14-9-23-12-24-10-14/h3-4,6-7,9-10,12,16H,1-2,5,11H2,(H,25,28). The molecule has 1 aromatic carbocycles. The number of aromatic nitrogens is 3. The van der Waals surface area contributed by atoms with Crippen molar-refractivity contribution in [3.63, 3.8) is 0 Å². The zero-order valence-corrected chi connectivity index (χ0v) is 15.2. The fourth-order valence-electron chi connectivity index (χ4n) is 3.47. The molecule has 136 valence electrons. The zero-order chi connectivity index (χ0) is 19.5. The van der Waals surface area contributed by atoms with E-state index in [2.05, 4.69) is 26.3 Å². The van der Waals surface area contributed by atoms with Crippen LogP contribution in [0.4, 0.5) is 5.82 Å². The lowest BCUT2D eigenvalue weighted by molar-refractivity contribution is 0.0932. The van der Waals surface area contributed by atoms with E-state index in [-0.39, 0.29) is 11.9 Å². The lowest BCUT2D eigenvalue weighted by atomic mass is 9.93. The number of piperidine rings is 1. The number of anilines is 1. The first-order valence-electron chi connectivity index (χ1n) is 9.05. The van der Waals surface area contributed by atoms with Crippen LogP contribution in [0, 0.1) is 11.3 Å². The Hall–Kier alpha value is -3.47. The number of amides is 1. The Labute approximate surface area is 163 Å². The molecule has 4 rings (SSSR count). The molecule has 0 bridgehead atoms. The van der Waals surface area contributed by atoms with Crippen LogP contribution in [-0.2, 0) is 0 Å². The first-order chi connectivity index (χ1) is 13.6. The predicted molar refractivity (Wildman–Crippen MR) is 107 cm³/mol. The van der Waals surface area contributed by atoms with E-state index < -0.39 is 0 Å². The van der Waals surface area contributed by atoms with Gasteiger partial charge in [-0.05, 0) is 25.0 Å². The number of nitrogens with one attached hydrogen (secondary N) is 1. The molecule has 1 N–H and O–H groups in total. The van der Waals surface area contributed by atoms with Gasteiger partial charge >= 0.3 is 0 Å². The molecule has 0 saturated carbocycles. The molecule has 8 heteroatoms. The van der Waals surface area contributed by atoms with E-state index in [1.165, 1.54) is 18.7 Å². The van der Waals surface area contributed by atoms with E-state index in [1.807, 2.05) is 6.07 Å². The van der Waals surface area contributed by atoms with Gasteiger partial charge in [0.15, 0.2) is 0 Å². The Kier molecular flexibility index (Phi) is 4.89. The summed E-state index contributed by atoms with van der Waals surface area (Å²) in [6, 6.07) is 9.38. The van der Waals surface area contributed by atoms with Gasteiger partial charge in [0.25, 0.3) is 5.91 Å². The fraction of sp³-hybridized carbons (Fsp3) is 0.250. The monoisotopic (exact) mass is 368 g/mol. The van der Waals surface area contributed by atoms with Crippen molar-refractivity contribution >= 4 is 35.9 Å². The van der Waals surface area contributed by atoms with Gasteiger partial charge in [0.2, 0.25) is 0 Å². The Morgan fingerprint density at radius 2 is 2.11 bits per heavy atom. The quantitative estimate of drug-likeness (QED) is 0.696. The van der Waals surface area contributed by atoms with Crippen LogP contribution in [0.5, 0.6) is 0 Å². The summed E-state index contributed by atoms with van der Waals surface area (Å²) in [7, 11) is 5.84. The third kappa shape index (κ3) is 3.65. The maximum Gasteiger partial charge on any atom is 0.254 e. The van der Waals surface area contributed by atoms with Gasteiger partial charge in [0, 0.05) is 36.9 Å². The highest BCUT2D eigenvalue weighted by Gasteiger charge is 2.23. The highest BCUT2D eigenvalue weighted by molar-refractivity contribution is 6.33. The van der Waals surface area contributed by atoms with Crippen LogP contribution in [-0.4, -0.2) is 47.8 Å². The maximum absolute atomic E-state index is 12.4. The first kappa shape index (κ1) is 17.9. The Morgan fingerprint density at radius 3 is 2.89 bits per heavy atom. The largest absolute Gasteiger partial charge is 0.355 e. The number of rotatable bonds is 3. The molecule has 3 heterocycles. The zero-order valence-electron chi connectivity index (χ0n) is 15.2. The predicted octanol–water partition coefficient (Wildman–Crippen LogP) is 1.09. The Bertz CT molecular complexity index is 1070. The Balaban J connectivity index is 1.55. The number of nitrogens with zero attached hydrogens (tertiary/aromatic N) is 5. The summed E-state index contributed by atoms with van der Waals surface area (Å²) >= 11 is 0. The van der Waals surface area contributed by atoms with E-state index in [4.69, 9.17) is 12.8 Å². The first-order valence-corrected chi connectivity index (χ1v) is 9.05. The van der Waals surface area contributed by atoms with E-state index in [9.17, 15) is 10.1 Å². The summed E-state index contributed by atoms with van der Waals surface area (Å²) in [6.45, 7) is 1.44. The molecule has 28 heavy (non-hydrogen) atoms. The van der Waals surface area contributed by atoms with Gasteiger partial charge in [-0.25, -0.2) is 15.0 Å². The number of hydrogen-bond donors (Lipinski definition) is 1. The van der Waals surface area contributed by atoms with Crippen molar-refractivity contribution in [1.82, 2.24) is 20.3 Å². The van der Waals surface area contributed by atoms with Crippen molar-refractivity contribution < 1.29 is 4.79 Å². The minimum Gasteiger partial charge on any atom is -0.355 e. The third-order valence-electron chi connectivity index (χ3n) is 4.84. The summed E-state index contributed by atoms with van der Waals surface area (Å²) in [5, 5.41) is 13.3. The summed E-state index contributed by atoms with van der Waals surface area (Å²) < 4.78 is 0. The van der Waals surface area contributed by atoms with Crippen LogP contribution < -0.4 is 15.7 Å². The topological polar surface area (TPSA) is 94.8 Å². The van der Waals surface area contributed by atoms with Crippen LogP contribution in [0.2, 0.25) is 0 Å². The smallest absolute Gasteiger partial charge is 0.254 e. The molecule has 7 nitrogen and oxygen atoms in total. The number of fused-ring (bicyclic) bond motifs is 1. The fourth-order valence-corrected chi connectivity index (χ4v) is 3.47. The van der Waals surface area contributed by atoms with Crippen molar-refractivity contribution in [1.29, 1.82) is 5.26 Å². The van der Waals surface area contributed by atoms with Crippen LogP contribution in [0.3, 0.4) is 0 Å². The van der Waals surface area contributed by atoms with Gasteiger partial charge in [-0.3, -0.25) is 4.79 Å². The van der Waals surface area contributed by atoms with E-state index in [1.54, 1.807) is 18.2 Å². The highest BCUT2D eigenvalue weighted by atomic mass is 16.1. The molecule has 0 spiro atoms. The molecule has 0 aliphatic carbocycles. The SMILES string of the molecule is [B]c1ccc2nc(N3CCCC(NC(=O)c4cncnc4)C3)cc(C#N)c2c1. The second-order valence-electron chi connectivity index (χ2n) is 6.80. The number of carbonyl (C=O) groups is 1. The molecule has 1 aliphatic heterocycles. The van der Waals surface area contributed by atoms with Crippen LogP contribution in [0.25, 0.3) is 10.9 Å². The third-order valence-corrected chi connectivity index (χ3v) is 4.84. The molecular formula is C20H17BN6O. The number of carbonyl (C=O) groups excluding carboxylic acids is 1. The lowest BCUT2D eigenvalue weighted by Gasteiger charge is -2.34. The maximum atomic E-state index is 12.4. The number of pyridine rings is 1. The normalized spacial score (nSPS) is 16.5. The van der Waals surface area contributed by atoms with Gasteiger partial charge in [-0.1, -0.05) is 17.6 Å². The average Bonchev–Trinajstić information content (AvgIpc) is 2.73. The summed E-state index contributed by atoms with van der Waals surface area (Å²) in [6.07, 6.45) is 6.19. The summed E-state index contributed by atoms with van der Waals surface area (Å²) in [5.41, 5.74) is 2.31. The van der Waals surface area contributed by atoms with E-state index in [0.717, 1.165) is 36.1 Å². The van der Waals surface area contributed by atoms with Gasteiger partial charge in [0.05, 0.1) is 22.7 Å². The molecule has 1 amide bonds. The summed E-state index contributed by atoms with van der Waals surface area (Å²) in [4.78, 5) is 27.0. The number of nitriles is 1. The van der Waals surface area contributed by atoms with Crippen molar-refractivity contribution in [2.45, 2.75) is 18.9 Å². The summed E-state index contributed by atoms with van der Waals surface area (Å²) in [5.74, 6) is 0.544. The molecule has 2 radical (unpaired) electrons. The molecule has 1 saturated heterocycles. The molecule has 2 aromatic heterocycles. The molecule has 1 aliphatic rings. The molecule has 1 fully saturated rings. The molecule has 1 unspecified atom stereocenters. The van der Waals surface area contributed by atoms with Crippen molar-refractivity contribution in [3.8, 4) is 6.07 Å². The highest BCUT2D eigenvalue weighted by Crippen LogP contribution is 2.24. The molecular weight excluding hydrogens is 351 g/mol. The van der Waals surface area contributed by atoms with Crippen molar-refractivity contribution in [3.05, 3.63) is 54.1 Å². The Morgan fingerprint density at radius 1 is 1.29 bits per heavy atom. The van der Waals surface area contributed by atoms with Crippen molar-refractivity contribution in [2.75, 3.05) is 18.0 Å². The van der Waals surface area contributed by atoms with Gasteiger partial charge in [0.1, 0.15) is 20.0 Å². The van der Waals surface area contributed by atoms with Crippen molar-refractivity contribution in [2.24, 2.45) is 0 Å². The van der Waals surface area contributed by atoms with E-state index >= 15 is 0 Å². The van der Waals surface area contributed by atoms with Gasteiger partial charge < -0.3 is 10.2 Å². The number of benzene rings is 1. The minimum absolute atomic E-state index is 0.0177. The minimum atomic E-state index is -0.188.